The summed E-state index contributed by atoms with van der Waals surface area (Å²) in [5.41, 5.74) is -1.76. The Morgan fingerprint density at radius 3 is 2.17 bits per heavy atom. The van der Waals surface area contributed by atoms with E-state index in [-0.39, 0.29) is 0 Å². The molecule has 1 aliphatic carbocycles. The van der Waals surface area contributed by atoms with Gasteiger partial charge in [0.2, 0.25) is 0 Å². The number of nitrogens with one attached hydrogen (secondary N) is 1. The van der Waals surface area contributed by atoms with Gasteiger partial charge in [-0.2, -0.15) is 0 Å². The van der Waals surface area contributed by atoms with Crippen molar-refractivity contribution in [2.45, 2.75) is 63.7 Å². The van der Waals surface area contributed by atoms with Crippen molar-refractivity contribution >= 4 is 12.1 Å². The molecule has 3 N–H and O–H groups in total. The predicted octanol–water partition coefficient (Wildman–Crippen LogP) is 1.27. The average Bonchev–Trinajstić information content (AvgIpc) is 2.62. The lowest BCUT2D eigenvalue weighted by molar-refractivity contribution is -0.151. The third-order valence-corrected chi connectivity index (χ3v) is 3.00. The first-order valence-electron chi connectivity index (χ1n) is 6.08. The summed E-state index contributed by atoms with van der Waals surface area (Å²) >= 11 is 0. The lowest BCUT2D eigenvalue weighted by Gasteiger charge is -2.33. The van der Waals surface area contributed by atoms with Crippen LogP contribution < -0.4 is 5.32 Å². The molecule has 6 nitrogen and oxygen atoms in total. The van der Waals surface area contributed by atoms with Crippen LogP contribution >= 0.6 is 0 Å². The summed E-state index contributed by atoms with van der Waals surface area (Å²) in [4.78, 5) is 22.6. The lowest BCUT2D eigenvalue weighted by Crippen LogP contribution is -2.58. The molecule has 0 aromatic carbocycles. The number of carbonyl (C=O) groups is 2. The Balaban J connectivity index is 2.75. The van der Waals surface area contributed by atoms with Gasteiger partial charge in [-0.3, -0.25) is 0 Å². The number of carboxylic acid groups (broad SMARTS) is 1. The second-order valence-electron chi connectivity index (χ2n) is 5.73. The topological polar surface area (TPSA) is 95.9 Å². The molecule has 1 rings (SSSR count). The number of hydrogen-bond donors (Lipinski definition) is 3. The van der Waals surface area contributed by atoms with Crippen molar-refractivity contribution < 1.29 is 24.5 Å². The van der Waals surface area contributed by atoms with Crippen molar-refractivity contribution in [1.29, 1.82) is 0 Å². The molecule has 104 valence electrons. The Bertz CT molecular complexity index is 328. The molecule has 1 amide bonds. The minimum atomic E-state index is -1.60. The van der Waals surface area contributed by atoms with Gasteiger partial charge in [0.25, 0.3) is 0 Å². The van der Waals surface area contributed by atoms with Crippen LogP contribution in [0.3, 0.4) is 0 Å². The molecule has 1 atom stereocenters. The monoisotopic (exact) mass is 259 g/mol. The maximum atomic E-state index is 11.7. The molecule has 0 bridgehead atoms. The molecule has 6 heteroatoms. The zero-order chi connectivity index (χ0) is 14.0. The predicted molar refractivity (Wildman–Crippen MR) is 64.2 cm³/mol. The summed E-state index contributed by atoms with van der Waals surface area (Å²) in [5, 5.41) is 21.2. The normalized spacial score (nSPS) is 20.2. The second-order valence-corrected chi connectivity index (χ2v) is 5.73. The summed E-state index contributed by atoms with van der Waals surface area (Å²) in [6.45, 7) is 5.17. The largest absolute Gasteiger partial charge is 0.479 e. The number of rotatable bonds is 3. The highest BCUT2D eigenvalue weighted by Crippen LogP contribution is 2.33. The molecule has 18 heavy (non-hydrogen) atoms. The van der Waals surface area contributed by atoms with Gasteiger partial charge in [-0.1, -0.05) is 12.8 Å². The minimum Gasteiger partial charge on any atom is -0.479 e. The van der Waals surface area contributed by atoms with E-state index in [2.05, 4.69) is 5.32 Å². The molecular weight excluding hydrogens is 238 g/mol. The Labute approximate surface area is 106 Å². The van der Waals surface area contributed by atoms with Crippen molar-refractivity contribution in [3.8, 4) is 0 Å². The minimum absolute atomic E-state index is 0.444. The third kappa shape index (κ3) is 3.60. The van der Waals surface area contributed by atoms with Crippen LogP contribution in [-0.2, 0) is 9.53 Å². The van der Waals surface area contributed by atoms with Crippen LogP contribution in [0.15, 0.2) is 0 Å². The van der Waals surface area contributed by atoms with Crippen molar-refractivity contribution in [3.63, 3.8) is 0 Å². The number of amides is 1. The summed E-state index contributed by atoms with van der Waals surface area (Å²) in [7, 11) is 0. The maximum Gasteiger partial charge on any atom is 0.408 e. The Morgan fingerprint density at radius 2 is 1.78 bits per heavy atom. The zero-order valence-electron chi connectivity index (χ0n) is 11.0. The summed E-state index contributed by atoms with van der Waals surface area (Å²) in [6, 6.07) is 0. The SMILES string of the molecule is CC(C)(C)OC(=O)NC1(C(O)C(=O)O)CCCC1. The summed E-state index contributed by atoms with van der Waals surface area (Å²) in [5.74, 6) is -1.33. The standard InChI is InChI=1S/C12H21NO5/c1-11(2,3)18-10(17)13-12(6-4-5-7-12)8(14)9(15)16/h8,14H,4-7H2,1-3H3,(H,13,17)(H,15,16). The van der Waals surface area contributed by atoms with Gasteiger partial charge in [-0.05, 0) is 33.6 Å². The number of hydrogen-bond acceptors (Lipinski definition) is 4. The van der Waals surface area contributed by atoms with Gasteiger partial charge in [-0.25, -0.2) is 9.59 Å². The number of ether oxygens (including phenoxy) is 1. The molecule has 0 aromatic rings. The van der Waals surface area contributed by atoms with Gasteiger partial charge in [0.1, 0.15) is 5.60 Å². The fraction of sp³-hybridized carbons (Fsp3) is 0.833. The number of aliphatic carboxylic acids is 1. The Hall–Kier alpha value is -1.30. The smallest absolute Gasteiger partial charge is 0.408 e. The molecule has 0 aromatic heterocycles. The fourth-order valence-electron chi connectivity index (χ4n) is 2.22. The van der Waals surface area contributed by atoms with Gasteiger partial charge in [0.05, 0.1) is 5.54 Å². The third-order valence-electron chi connectivity index (χ3n) is 3.00. The highest BCUT2D eigenvalue weighted by Gasteiger charge is 2.46. The van der Waals surface area contributed by atoms with E-state index in [9.17, 15) is 14.7 Å². The summed E-state index contributed by atoms with van der Waals surface area (Å²) in [6.07, 6.45) is 0.150. The molecule has 1 unspecified atom stereocenters. The van der Waals surface area contributed by atoms with Crippen molar-refractivity contribution in [2.75, 3.05) is 0 Å². The van der Waals surface area contributed by atoms with Crippen LogP contribution in [-0.4, -0.2) is 39.5 Å². The van der Waals surface area contributed by atoms with Crippen LogP contribution in [0, 0.1) is 0 Å². The molecule has 0 aliphatic heterocycles. The first kappa shape index (κ1) is 14.8. The molecule has 0 saturated heterocycles. The van der Waals surface area contributed by atoms with E-state index in [0.29, 0.717) is 12.8 Å². The van der Waals surface area contributed by atoms with E-state index in [1.54, 1.807) is 20.8 Å². The van der Waals surface area contributed by atoms with Crippen LogP contribution in [0.2, 0.25) is 0 Å². The van der Waals surface area contributed by atoms with E-state index in [1.165, 1.54) is 0 Å². The average molecular weight is 259 g/mol. The van der Waals surface area contributed by atoms with Crippen molar-refractivity contribution in [2.24, 2.45) is 0 Å². The van der Waals surface area contributed by atoms with E-state index in [0.717, 1.165) is 12.8 Å². The van der Waals surface area contributed by atoms with Crippen molar-refractivity contribution in [3.05, 3.63) is 0 Å². The van der Waals surface area contributed by atoms with Crippen LogP contribution in [0.1, 0.15) is 46.5 Å². The van der Waals surface area contributed by atoms with Gasteiger partial charge in [0, 0.05) is 0 Å². The summed E-state index contributed by atoms with van der Waals surface area (Å²) < 4.78 is 5.10. The molecule has 0 radical (unpaired) electrons. The first-order valence-corrected chi connectivity index (χ1v) is 6.08. The highest BCUT2D eigenvalue weighted by molar-refractivity contribution is 5.76. The van der Waals surface area contributed by atoms with Crippen LogP contribution in [0.5, 0.6) is 0 Å². The lowest BCUT2D eigenvalue weighted by atomic mass is 9.90. The molecular formula is C12H21NO5. The molecule has 1 aliphatic rings. The molecule has 1 saturated carbocycles. The van der Waals surface area contributed by atoms with Gasteiger partial charge in [0.15, 0.2) is 6.10 Å². The van der Waals surface area contributed by atoms with Crippen molar-refractivity contribution in [1.82, 2.24) is 5.32 Å². The second kappa shape index (κ2) is 5.14. The number of aliphatic hydroxyl groups is 1. The van der Waals surface area contributed by atoms with Crippen LogP contribution in [0.25, 0.3) is 0 Å². The van der Waals surface area contributed by atoms with E-state index < -0.39 is 29.3 Å². The Kier molecular flexibility index (Phi) is 4.21. The van der Waals surface area contributed by atoms with Gasteiger partial charge in [-0.15, -0.1) is 0 Å². The Morgan fingerprint density at radius 1 is 1.28 bits per heavy atom. The number of alkyl carbamates (subject to hydrolysis) is 1. The zero-order valence-corrected chi connectivity index (χ0v) is 11.0. The van der Waals surface area contributed by atoms with E-state index >= 15 is 0 Å². The number of aliphatic hydroxyl groups excluding tert-OH is 1. The quantitative estimate of drug-likeness (QED) is 0.709. The number of carboxylic acids is 1. The van der Waals surface area contributed by atoms with Gasteiger partial charge < -0.3 is 20.3 Å². The molecule has 0 heterocycles. The highest BCUT2D eigenvalue weighted by atomic mass is 16.6. The van der Waals surface area contributed by atoms with E-state index in [4.69, 9.17) is 9.84 Å². The fourth-order valence-corrected chi connectivity index (χ4v) is 2.22. The van der Waals surface area contributed by atoms with E-state index in [1.807, 2.05) is 0 Å². The molecule has 1 fully saturated rings. The first-order chi connectivity index (χ1) is 8.16. The maximum absolute atomic E-state index is 11.7. The van der Waals surface area contributed by atoms with Gasteiger partial charge >= 0.3 is 12.1 Å². The molecule has 0 spiro atoms. The van der Waals surface area contributed by atoms with Crippen LogP contribution in [0.4, 0.5) is 4.79 Å². The number of carbonyl (C=O) groups excluding carboxylic acids is 1.